The van der Waals surface area contributed by atoms with E-state index in [2.05, 4.69) is 0 Å². The number of benzene rings is 1. The Kier molecular flexibility index (Phi) is 3.63. The number of aliphatic carboxylic acids is 1. The van der Waals surface area contributed by atoms with Gasteiger partial charge in [-0.05, 0) is 37.1 Å². The Morgan fingerprint density at radius 3 is 2.53 bits per heavy atom. The van der Waals surface area contributed by atoms with Crippen molar-refractivity contribution in [2.75, 3.05) is 0 Å². The maximum absolute atomic E-state index is 11.2. The molecule has 1 aromatic rings. The van der Waals surface area contributed by atoms with Crippen LogP contribution in [-0.4, -0.2) is 11.1 Å². The van der Waals surface area contributed by atoms with Gasteiger partial charge in [0.25, 0.3) is 0 Å². The van der Waals surface area contributed by atoms with Crippen molar-refractivity contribution in [3.05, 3.63) is 33.8 Å². The molecule has 1 unspecified atom stereocenters. The predicted molar refractivity (Wildman–Crippen MR) is 61.7 cm³/mol. The maximum atomic E-state index is 11.2. The zero-order chi connectivity index (χ0) is 11.6. The van der Waals surface area contributed by atoms with E-state index < -0.39 is 11.4 Å². The molecular formula is C11H12Cl2O2. The lowest BCUT2D eigenvalue weighted by Gasteiger charge is -2.24. The summed E-state index contributed by atoms with van der Waals surface area (Å²) >= 11 is 11.8. The van der Waals surface area contributed by atoms with Gasteiger partial charge in [0, 0.05) is 10.0 Å². The topological polar surface area (TPSA) is 37.3 Å². The number of carboxylic acids is 1. The lowest BCUT2D eigenvalue weighted by atomic mass is 9.80. The van der Waals surface area contributed by atoms with Crippen molar-refractivity contribution in [3.63, 3.8) is 0 Å². The minimum Gasteiger partial charge on any atom is -0.481 e. The number of carbonyl (C=O) groups is 1. The number of carboxylic acid groups (broad SMARTS) is 1. The molecule has 4 heteroatoms. The first kappa shape index (κ1) is 12.3. The van der Waals surface area contributed by atoms with Crippen LogP contribution in [0.5, 0.6) is 0 Å². The number of rotatable bonds is 3. The first-order chi connectivity index (χ1) is 6.91. The molecule has 1 atom stereocenters. The number of halogens is 2. The van der Waals surface area contributed by atoms with E-state index in [1.807, 2.05) is 6.92 Å². The van der Waals surface area contributed by atoms with E-state index in [-0.39, 0.29) is 0 Å². The summed E-state index contributed by atoms with van der Waals surface area (Å²) in [6.07, 6.45) is 0.461. The molecule has 15 heavy (non-hydrogen) atoms. The van der Waals surface area contributed by atoms with Crippen molar-refractivity contribution in [3.8, 4) is 0 Å². The molecule has 0 aromatic heterocycles. The zero-order valence-electron chi connectivity index (χ0n) is 8.55. The molecule has 0 amide bonds. The Labute approximate surface area is 98.8 Å². The average Bonchev–Trinajstić information content (AvgIpc) is 2.20. The minimum atomic E-state index is -0.984. The molecule has 0 spiro atoms. The van der Waals surface area contributed by atoms with Gasteiger partial charge < -0.3 is 5.11 Å². The number of hydrogen-bond donors (Lipinski definition) is 1. The molecule has 0 aliphatic rings. The van der Waals surface area contributed by atoms with Crippen LogP contribution in [0.15, 0.2) is 18.2 Å². The molecule has 0 saturated heterocycles. The summed E-state index contributed by atoms with van der Waals surface area (Å²) in [5, 5.41) is 10.1. The molecular weight excluding hydrogens is 235 g/mol. The van der Waals surface area contributed by atoms with Gasteiger partial charge in [-0.3, -0.25) is 4.79 Å². The van der Waals surface area contributed by atoms with Crippen LogP contribution in [0.25, 0.3) is 0 Å². The van der Waals surface area contributed by atoms with Gasteiger partial charge in [0.1, 0.15) is 0 Å². The van der Waals surface area contributed by atoms with Crippen LogP contribution < -0.4 is 0 Å². The molecule has 0 bridgehead atoms. The Morgan fingerprint density at radius 2 is 2.07 bits per heavy atom. The smallest absolute Gasteiger partial charge is 0.313 e. The molecule has 0 fully saturated rings. The molecule has 0 saturated carbocycles. The summed E-state index contributed by atoms with van der Waals surface area (Å²) in [7, 11) is 0. The van der Waals surface area contributed by atoms with Crippen molar-refractivity contribution < 1.29 is 9.90 Å². The van der Waals surface area contributed by atoms with E-state index in [0.717, 1.165) is 0 Å². The Balaban J connectivity index is 3.35. The lowest BCUT2D eigenvalue weighted by Crippen LogP contribution is -2.31. The normalized spacial score (nSPS) is 14.7. The fourth-order valence-corrected chi connectivity index (χ4v) is 1.88. The summed E-state index contributed by atoms with van der Waals surface area (Å²) in [6.45, 7) is 3.46. The average molecular weight is 247 g/mol. The van der Waals surface area contributed by atoms with Gasteiger partial charge in [-0.1, -0.05) is 30.1 Å². The highest BCUT2D eigenvalue weighted by molar-refractivity contribution is 6.33. The molecule has 2 nitrogen and oxygen atoms in total. The standard InChI is InChI=1S/C11H12Cl2O2/c1-3-11(2,10(14)15)8-6-7(12)4-5-9(8)13/h4-6H,3H2,1-2H3,(H,14,15). The first-order valence-electron chi connectivity index (χ1n) is 4.60. The van der Waals surface area contributed by atoms with E-state index in [9.17, 15) is 9.90 Å². The van der Waals surface area contributed by atoms with Crippen molar-refractivity contribution in [2.24, 2.45) is 0 Å². The van der Waals surface area contributed by atoms with Gasteiger partial charge in [-0.2, -0.15) is 0 Å². The van der Waals surface area contributed by atoms with Crippen LogP contribution >= 0.6 is 23.2 Å². The maximum Gasteiger partial charge on any atom is 0.313 e. The fraction of sp³-hybridized carbons (Fsp3) is 0.364. The van der Waals surface area contributed by atoms with Crippen molar-refractivity contribution in [1.29, 1.82) is 0 Å². The predicted octanol–water partition coefficient (Wildman–Crippen LogP) is 3.75. The molecule has 1 N–H and O–H groups in total. The first-order valence-corrected chi connectivity index (χ1v) is 5.36. The van der Waals surface area contributed by atoms with E-state index in [0.29, 0.717) is 22.0 Å². The minimum absolute atomic E-state index is 0.436. The summed E-state index contributed by atoms with van der Waals surface area (Å²) in [4.78, 5) is 11.2. The van der Waals surface area contributed by atoms with E-state index in [4.69, 9.17) is 23.2 Å². The largest absolute Gasteiger partial charge is 0.481 e. The highest BCUT2D eigenvalue weighted by Gasteiger charge is 2.35. The SMILES string of the molecule is CCC(C)(C(=O)O)c1cc(Cl)ccc1Cl. The summed E-state index contributed by atoms with van der Waals surface area (Å²) in [5.41, 5.74) is -0.422. The molecule has 1 rings (SSSR count). The highest BCUT2D eigenvalue weighted by atomic mass is 35.5. The van der Waals surface area contributed by atoms with E-state index >= 15 is 0 Å². The molecule has 0 radical (unpaired) electrons. The third-order valence-electron chi connectivity index (χ3n) is 2.70. The van der Waals surface area contributed by atoms with Crippen LogP contribution in [0.4, 0.5) is 0 Å². The van der Waals surface area contributed by atoms with E-state index in [1.165, 1.54) is 0 Å². The lowest BCUT2D eigenvalue weighted by molar-refractivity contribution is -0.143. The van der Waals surface area contributed by atoms with Crippen LogP contribution in [0.3, 0.4) is 0 Å². The van der Waals surface area contributed by atoms with Gasteiger partial charge in [0.05, 0.1) is 5.41 Å². The van der Waals surface area contributed by atoms with Gasteiger partial charge in [-0.15, -0.1) is 0 Å². The highest BCUT2D eigenvalue weighted by Crippen LogP contribution is 2.34. The van der Waals surface area contributed by atoms with Crippen LogP contribution in [0, 0.1) is 0 Å². The Hall–Kier alpha value is -0.730. The van der Waals surface area contributed by atoms with E-state index in [1.54, 1.807) is 25.1 Å². The van der Waals surface area contributed by atoms with Crippen molar-refractivity contribution in [1.82, 2.24) is 0 Å². The molecule has 0 heterocycles. The second-order valence-electron chi connectivity index (χ2n) is 3.61. The van der Waals surface area contributed by atoms with Crippen LogP contribution in [-0.2, 0) is 10.2 Å². The second-order valence-corrected chi connectivity index (χ2v) is 4.46. The quantitative estimate of drug-likeness (QED) is 0.883. The van der Waals surface area contributed by atoms with Crippen molar-refractivity contribution in [2.45, 2.75) is 25.7 Å². The zero-order valence-corrected chi connectivity index (χ0v) is 10.1. The third kappa shape index (κ3) is 2.27. The van der Waals surface area contributed by atoms with Gasteiger partial charge in [0.15, 0.2) is 0 Å². The van der Waals surface area contributed by atoms with Gasteiger partial charge in [-0.25, -0.2) is 0 Å². The van der Waals surface area contributed by atoms with Gasteiger partial charge in [0.2, 0.25) is 0 Å². The second kappa shape index (κ2) is 4.42. The summed E-state index contributed by atoms with van der Waals surface area (Å²) in [5.74, 6) is -0.894. The fourth-order valence-electron chi connectivity index (χ4n) is 1.38. The van der Waals surface area contributed by atoms with Crippen LogP contribution in [0.2, 0.25) is 10.0 Å². The summed E-state index contributed by atoms with van der Waals surface area (Å²) in [6, 6.07) is 4.88. The monoisotopic (exact) mass is 246 g/mol. The summed E-state index contributed by atoms with van der Waals surface area (Å²) < 4.78 is 0. The molecule has 1 aromatic carbocycles. The number of hydrogen-bond acceptors (Lipinski definition) is 1. The Morgan fingerprint density at radius 1 is 1.47 bits per heavy atom. The molecule has 0 aliphatic carbocycles. The molecule has 82 valence electrons. The van der Waals surface area contributed by atoms with Crippen molar-refractivity contribution >= 4 is 29.2 Å². The third-order valence-corrected chi connectivity index (χ3v) is 3.27. The Bertz CT molecular complexity index is 390. The van der Waals surface area contributed by atoms with Gasteiger partial charge >= 0.3 is 5.97 Å². The molecule has 0 aliphatic heterocycles. The van der Waals surface area contributed by atoms with Crippen LogP contribution in [0.1, 0.15) is 25.8 Å².